The summed E-state index contributed by atoms with van der Waals surface area (Å²) in [4.78, 5) is 12.6. The zero-order valence-electron chi connectivity index (χ0n) is 13.5. The molecule has 1 aliphatic heterocycles. The zero-order chi connectivity index (χ0) is 15.3. The molecule has 116 valence electrons. The lowest BCUT2D eigenvalue weighted by atomic mass is 9.81. The summed E-state index contributed by atoms with van der Waals surface area (Å²) in [5.41, 5.74) is 2.32. The van der Waals surface area contributed by atoms with Crippen LogP contribution in [-0.2, 0) is 11.3 Å². The maximum atomic E-state index is 12.6. The van der Waals surface area contributed by atoms with E-state index in [9.17, 15) is 4.79 Å². The highest BCUT2D eigenvalue weighted by atomic mass is 16.2. The van der Waals surface area contributed by atoms with Crippen molar-refractivity contribution in [3.05, 3.63) is 35.4 Å². The third kappa shape index (κ3) is 3.85. The van der Waals surface area contributed by atoms with Crippen LogP contribution in [0.15, 0.2) is 24.3 Å². The molecule has 2 rings (SSSR count). The number of hydrogen-bond acceptors (Lipinski definition) is 2. The summed E-state index contributed by atoms with van der Waals surface area (Å²) in [5, 5.41) is 6.47. The van der Waals surface area contributed by atoms with Crippen LogP contribution in [0.3, 0.4) is 0 Å². The third-order valence-electron chi connectivity index (χ3n) is 4.55. The summed E-state index contributed by atoms with van der Waals surface area (Å²) in [6, 6.07) is 8.56. The average molecular weight is 288 g/mol. The van der Waals surface area contributed by atoms with Crippen molar-refractivity contribution in [3.8, 4) is 0 Å². The molecule has 1 amide bonds. The van der Waals surface area contributed by atoms with E-state index in [-0.39, 0.29) is 11.3 Å². The molecule has 1 aromatic rings. The SMILES string of the molecule is CCCC1(C(=O)NCc2ccc(C(C)C)cc2)CCNC1. The summed E-state index contributed by atoms with van der Waals surface area (Å²) in [7, 11) is 0. The molecule has 0 bridgehead atoms. The molecule has 21 heavy (non-hydrogen) atoms. The molecule has 1 unspecified atom stereocenters. The lowest BCUT2D eigenvalue weighted by Gasteiger charge is -2.26. The molecular weight excluding hydrogens is 260 g/mol. The van der Waals surface area contributed by atoms with Crippen molar-refractivity contribution in [1.82, 2.24) is 10.6 Å². The van der Waals surface area contributed by atoms with E-state index in [0.29, 0.717) is 12.5 Å². The summed E-state index contributed by atoms with van der Waals surface area (Å²) in [6.45, 7) is 8.94. The van der Waals surface area contributed by atoms with Crippen LogP contribution in [0.1, 0.15) is 57.1 Å². The second-order valence-corrected chi connectivity index (χ2v) is 6.54. The van der Waals surface area contributed by atoms with Gasteiger partial charge >= 0.3 is 0 Å². The van der Waals surface area contributed by atoms with Gasteiger partial charge in [0, 0.05) is 13.1 Å². The van der Waals surface area contributed by atoms with Crippen LogP contribution >= 0.6 is 0 Å². The van der Waals surface area contributed by atoms with E-state index in [1.807, 2.05) is 0 Å². The first kappa shape index (κ1) is 16.0. The van der Waals surface area contributed by atoms with Gasteiger partial charge in [-0.1, -0.05) is 51.5 Å². The Morgan fingerprint density at radius 2 is 2.05 bits per heavy atom. The Morgan fingerprint density at radius 1 is 1.33 bits per heavy atom. The highest BCUT2D eigenvalue weighted by molar-refractivity contribution is 5.83. The van der Waals surface area contributed by atoms with Gasteiger partial charge in [-0.2, -0.15) is 0 Å². The zero-order valence-corrected chi connectivity index (χ0v) is 13.5. The van der Waals surface area contributed by atoms with Gasteiger partial charge in [0.05, 0.1) is 5.41 Å². The number of amides is 1. The molecule has 2 N–H and O–H groups in total. The van der Waals surface area contributed by atoms with Crippen LogP contribution in [0, 0.1) is 5.41 Å². The van der Waals surface area contributed by atoms with Crippen molar-refractivity contribution < 1.29 is 4.79 Å². The number of nitrogens with one attached hydrogen (secondary N) is 2. The van der Waals surface area contributed by atoms with Gasteiger partial charge in [-0.3, -0.25) is 4.79 Å². The maximum Gasteiger partial charge on any atom is 0.227 e. The summed E-state index contributed by atoms with van der Waals surface area (Å²) < 4.78 is 0. The van der Waals surface area contributed by atoms with Crippen LogP contribution in [-0.4, -0.2) is 19.0 Å². The second kappa shape index (κ2) is 7.08. The molecule has 1 saturated heterocycles. The van der Waals surface area contributed by atoms with Gasteiger partial charge in [0.1, 0.15) is 0 Å². The Bertz CT molecular complexity index is 459. The Hall–Kier alpha value is -1.35. The molecule has 0 radical (unpaired) electrons. The van der Waals surface area contributed by atoms with Crippen LogP contribution in [0.2, 0.25) is 0 Å². The largest absolute Gasteiger partial charge is 0.352 e. The number of hydrogen-bond donors (Lipinski definition) is 2. The number of rotatable bonds is 6. The molecule has 0 spiro atoms. The molecule has 3 heteroatoms. The summed E-state index contributed by atoms with van der Waals surface area (Å²) in [5.74, 6) is 0.758. The van der Waals surface area contributed by atoms with Crippen LogP contribution < -0.4 is 10.6 Å². The Morgan fingerprint density at radius 3 is 2.57 bits per heavy atom. The first-order chi connectivity index (χ1) is 10.1. The van der Waals surface area contributed by atoms with Gasteiger partial charge in [0.2, 0.25) is 5.91 Å². The second-order valence-electron chi connectivity index (χ2n) is 6.54. The lowest BCUT2D eigenvalue weighted by Crippen LogP contribution is -2.42. The smallest absolute Gasteiger partial charge is 0.227 e. The van der Waals surface area contributed by atoms with Crippen LogP contribution in [0.25, 0.3) is 0 Å². The molecule has 1 heterocycles. The van der Waals surface area contributed by atoms with Crippen molar-refractivity contribution in [3.63, 3.8) is 0 Å². The Balaban J connectivity index is 1.93. The van der Waals surface area contributed by atoms with E-state index in [1.54, 1.807) is 0 Å². The molecule has 1 fully saturated rings. The fraction of sp³-hybridized carbons (Fsp3) is 0.611. The number of carbonyl (C=O) groups is 1. The van der Waals surface area contributed by atoms with Crippen LogP contribution in [0.5, 0.6) is 0 Å². The highest BCUT2D eigenvalue weighted by Crippen LogP contribution is 2.31. The normalized spacial score (nSPS) is 21.7. The van der Waals surface area contributed by atoms with Gasteiger partial charge < -0.3 is 10.6 Å². The molecule has 3 nitrogen and oxygen atoms in total. The van der Waals surface area contributed by atoms with E-state index < -0.39 is 0 Å². The summed E-state index contributed by atoms with van der Waals surface area (Å²) >= 11 is 0. The third-order valence-corrected chi connectivity index (χ3v) is 4.55. The van der Waals surface area contributed by atoms with E-state index in [1.165, 1.54) is 11.1 Å². The van der Waals surface area contributed by atoms with Gasteiger partial charge in [-0.25, -0.2) is 0 Å². The molecular formula is C18H28N2O. The summed E-state index contributed by atoms with van der Waals surface area (Å²) in [6.07, 6.45) is 2.98. The molecule has 0 aromatic heterocycles. The van der Waals surface area contributed by atoms with Gasteiger partial charge in [-0.05, 0) is 36.4 Å². The average Bonchev–Trinajstić information content (AvgIpc) is 2.95. The minimum absolute atomic E-state index is 0.188. The van der Waals surface area contributed by atoms with Crippen LogP contribution in [0.4, 0.5) is 0 Å². The molecule has 1 aromatic carbocycles. The monoisotopic (exact) mass is 288 g/mol. The van der Waals surface area contributed by atoms with E-state index in [0.717, 1.165) is 32.4 Å². The van der Waals surface area contributed by atoms with Crippen molar-refractivity contribution in [2.45, 2.75) is 52.5 Å². The predicted molar refractivity (Wildman–Crippen MR) is 87.2 cm³/mol. The van der Waals surface area contributed by atoms with Gasteiger partial charge in [-0.15, -0.1) is 0 Å². The van der Waals surface area contributed by atoms with Crippen molar-refractivity contribution in [2.75, 3.05) is 13.1 Å². The minimum Gasteiger partial charge on any atom is -0.352 e. The molecule has 1 atom stereocenters. The fourth-order valence-electron chi connectivity index (χ4n) is 3.13. The van der Waals surface area contributed by atoms with Gasteiger partial charge in [0.15, 0.2) is 0 Å². The van der Waals surface area contributed by atoms with Crippen molar-refractivity contribution in [1.29, 1.82) is 0 Å². The number of benzene rings is 1. The maximum absolute atomic E-state index is 12.6. The first-order valence-electron chi connectivity index (χ1n) is 8.15. The van der Waals surface area contributed by atoms with Crippen molar-refractivity contribution in [2.24, 2.45) is 5.41 Å². The highest BCUT2D eigenvalue weighted by Gasteiger charge is 2.39. The lowest BCUT2D eigenvalue weighted by molar-refractivity contribution is -0.130. The Kier molecular flexibility index (Phi) is 5.40. The number of carbonyl (C=O) groups excluding carboxylic acids is 1. The standard InChI is InChI=1S/C18H28N2O/c1-4-9-18(10-11-19-13-18)17(21)20-12-15-5-7-16(8-6-15)14(2)3/h5-8,14,19H,4,9-13H2,1-3H3,(H,20,21). The topological polar surface area (TPSA) is 41.1 Å². The fourth-order valence-corrected chi connectivity index (χ4v) is 3.13. The first-order valence-corrected chi connectivity index (χ1v) is 8.15. The van der Waals surface area contributed by atoms with E-state index >= 15 is 0 Å². The van der Waals surface area contributed by atoms with Gasteiger partial charge in [0.25, 0.3) is 0 Å². The minimum atomic E-state index is -0.188. The van der Waals surface area contributed by atoms with Crippen molar-refractivity contribution >= 4 is 5.91 Å². The van der Waals surface area contributed by atoms with E-state index in [4.69, 9.17) is 0 Å². The molecule has 1 aliphatic rings. The predicted octanol–water partition coefficient (Wildman–Crippen LogP) is 3.21. The quantitative estimate of drug-likeness (QED) is 0.844. The molecule has 0 saturated carbocycles. The molecule has 0 aliphatic carbocycles. The Labute approximate surface area is 128 Å². The van der Waals surface area contributed by atoms with E-state index in [2.05, 4.69) is 55.7 Å².